The first-order valence-electron chi connectivity index (χ1n) is 9.39. The standard InChI is InChI=1S/C21H22FN5O/c1-14-19(25-13-24-14)15-8-11-27(12-9-15)20-18(7-4-10-23-20)26-21(28)16-5-2-3-6-17(16)22/h2-7,10,13,15H,8-9,11-12H2,1H3,(H,24,25)(H,26,28). The van der Waals surface area contributed by atoms with Crippen molar-refractivity contribution in [1.29, 1.82) is 0 Å². The van der Waals surface area contributed by atoms with Crippen molar-refractivity contribution in [3.63, 3.8) is 0 Å². The van der Waals surface area contributed by atoms with E-state index in [4.69, 9.17) is 0 Å². The van der Waals surface area contributed by atoms with Crippen molar-refractivity contribution in [2.45, 2.75) is 25.7 Å². The van der Waals surface area contributed by atoms with E-state index in [-0.39, 0.29) is 5.56 Å². The zero-order valence-electron chi connectivity index (χ0n) is 15.7. The number of amides is 1. The number of H-pyrrole nitrogens is 1. The normalized spacial score (nSPS) is 14.9. The third-order valence-corrected chi connectivity index (χ3v) is 5.22. The summed E-state index contributed by atoms with van der Waals surface area (Å²) in [6, 6.07) is 9.52. The number of nitrogens with one attached hydrogen (secondary N) is 2. The highest BCUT2D eigenvalue weighted by Gasteiger charge is 2.25. The van der Waals surface area contributed by atoms with Gasteiger partial charge in [0.05, 0.1) is 23.3 Å². The molecule has 2 N–H and O–H groups in total. The van der Waals surface area contributed by atoms with Gasteiger partial charge in [0.1, 0.15) is 5.82 Å². The predicted molar refractivity (Wildman–Crippen MR) is 106 cm³/mol. The molecule has 0 radical (unpaired) electrons. The van der Waals surface area contributed by atoms with Gasteiger partial charge in [-0.2, -0.15) is 0 Å². The van der Waals surface area contributed by atoms with Crippen molar-refractivity contribution < 1.29 is 9.18 Å². The summed E-state index contributed by atoms with van der Waals surface area (Å²) < 4.78 is 13.9. The maximum absolute atomic E-state index is 13.9. The van der Waals surface area contributed by atoms with E-state index >= 15 is 0 Å². The second-order valence-corrected chi connectivity index (χ2v) is 6.97. The number of rotatable bonds is 4. The van der Waals surface area contributed by atoms with Gasteiger partial charge in [-0.1, -0.05) is 12.1 Å². The van der Waals surface area contributed by atoms with Gasteiger partial charge in [-0.3, -0.25) is 4.79 Å². The molecular formula is C21H22FN5O. The lowest BCUT2D eigenvalue weighted by atomic mass is 9.92. The molecule has 1 saturated heterocycles. The Bertz CT molecular complexity index is 978. The lowest BCUT2D eigenvalue weighted by Gasteiger charge is -2.33. The quantitative estimate of drug-likeness (QED) is 0.721. The minimum atomic E-state index is -0.541. The molecule has 1 fully saturated rings. The van der Waals surface area contributed by atoms with Crippen molar-refractivity contribution in [2.75, 3.05) is 23.3 Å². The number of pyridine rings is 1. The van der Waals surface area contributed by atoms with Crippen LogP contribution in [-0.4, -0.2) is 33.9 Å². The largest absolute Gasteiger partial charge is 0.355 e. The van der Waals surface area contributed by atoms with E-state index in [1.165, 1.54) is 17.8 Å². The third kappa shape index (κ3) is 3.60. The molecule has 0 aliphatic carbocycles. The van der Waals surface area contributed by atoms with Crippen LogP contribution in [0.15, 0.2) is 48.9 Å². The van der Waals surface area contributed by atoms with Gasteiger partial charge in [0.25, 0.3) is 5.91 Å². The van der Waals surface area contributed by atoms with Crippen LogP contribution < -0.4 is 10.2 Å². The van der Waals surface area contributed by atoms with Gasteiger partial charge in [-0.05, 0) is 44.0 Å². The van der Waals surface area contributed by atoms with Crippen molar-refractivity contribution in [2.24, 2.45) is 0 Å². The highest BCUT2D eigenvalue weighted by molar-refractivity contribution is 6.05. The van der Waals surface area contributed by atoms with Gasteiger partial charge >= 0.3 is 0 Å². The van der Waals surface area contributed by atoms with Gasteiger partial charge in [0, 0.05) is 30.9 Å². The molecule has 0 saturated carbocycles. The number of aromatic amines is 1. The summed E-state index contributed by atoms with van der Waals surface area (Å²) in [5.74, 6) is 0.141. The Labute approximate surface area is 162 Å². The number of halogens is 1. The molecule has 2 aromatic heterocycles. The number of hydrogen-bond donors (Lipinski definition) is 2. The molecule has 144 valence electrons. The Balaban J connectivity index is 1.49. The fraction of sp³-hybridized carbons (Fsp3) is 0.286. The van der Waals surface area contributed by atoms with Gasteiger partial charge < -0.3 is 15.2 Å². The van der Waals surface area contributed by atoms with Crippen LogP contribution >= 0.6 is 0 Å². The van der Waals surface area contributed by atoms with E-state index in [1.54, 1.807) is 36.8 Å². The number of hydrogen-bond acceptors (Lipinski definition) is 4. The summed E-state index contributed by atoms with van der Waals surface area (Å²) in [5, 5.41) is 2.81. The minimum Gasteiger partial charge on any atom is -0.355 e. The van der Waals surface area contributed by atoms with Crippen molar-refractivity contribution >= 4 is 17.4 Å². The molecule has 0 spiro atoms. The SMILES string of the molecule is Cc1nc[nH]c1C1CCN(c2ncccc2NC(=O)c2ccccc2F)CC1. The average molecular weight is 379 g/mol. The molecule has 0 atom stereocenters. The van der Waals surface area contributed by atoms with Crippen molar-refractivity contribution in [3.05, 3.63) is 71.7 Å². The summed E-state index contributed by atoms with van der Waals surface area (Å²) in [7, 11) is 0. The topological polar surface area (TPSA) is 73.9 Å². The Morgan fingerprint density at radius 2 is 1.96 bits per heavy atom. The van der Waals surface area contributed by atoms with Gasteiger partial charge in [0.15, 0.2) is 5.82 Å². The number of nitrogens with zero attached hydrogens (tertiary/aromatic N) is 3. The molecule has 3 heterocycles. The third-order valence-electron chi connectivity index (χ3n) is 5.22. The summed E-state index contributed by atoms with van der Waals surface area (Å²) in [4.78, 5) is 26.7. The first-order chi connectivity index (χ1) is 13.6. The van der Waals surface area contributed by atoms with Crippen LogP contribution in [0.25, 0.3) is 0 Å². The van der Waals surface area contributed by atoms with E-state index in [2.05, 4.69) is 25.2 Å². The molecule has 1 amide bonds. The summed E-state index contributed by atoms with van der Waals surface area (Å²) in [6.45, 7) is 3.67. The van der Waals surface area contributed by atoms with Gasteiger partial charge in [-0.15, -0.1) is 0 Å². The molecule has 1 aromatic carbocycles. The summed E-state index contributed by atoms with van der Waals surface area (Å²) in [5.41, 5.74) is 2.86. The smallest absolute Gasteiger partial charge is 0.258 e. The average Bonchev–Trinajstić information content (AvgIpc) is 3.15. The van der Waals surface area contributed by atoms with Crippen LogP contribution in [0.5, 0.6) is 0 Å². The number of anilines is 2. The molecule has 4 rings (SSSR count). The van der Waals surface area contributed by atoms with E-state index in [1.807, 2.05) is 6.92 Å². The lowest BCUT2D eigenvalue weighted by Crippen LogP contribution is -2.34. The lowest BCUT2D eigenvalue weighted by molar-refractivity contribution is 0.102. The van der Waals surface area contributed by atoms with E-state index in [9.17, 15) is 9.18 Å². The van der Waals surface area contributed by atoms with E-state index in [0.29, 0.717) is 17.4 Å². The molecule has 0 bridgehead atoms. The fourth-order valence-corrected chi connectivity index (χ4v) is 3.75. The minimum absolute atomic E-state index is 0.0192. The number of imidazole rings is 1. The van der Waals surface area contributed by atoms with Crippen molar-refractivity contribution in [1.82, 2.24) is 15.0 Å². The molecule has 7 heteroatoms. The highest BCUT2D eigenvalue weighted by Crippen LogP contribution is 2.32. The molecular weight excluding hydrogens is 357 g/mol. The molecule has 6 nitrogen and oxygen atoms in total. The maximum Gasteiger partial charge on any atom is 0.258 e. The zero-order chi connectivity index (χ0) is 19.5. The summed E-state index contributed by atoms with van der Waals surface area (Å²) >= 11 is 0. The molecule has 28 heavy (non-hydrogen) atoms. The Morgan fingerprint density at radius 3 is 2.68 bits per heavy atom. The molecule has 0 unspecified atom stereocenters. The maximum atomic E-state index is 13.9. The second-order valence-electron chi connectivity index (χ2n) is 6.97. The van der Waals surface area contributed by atoms with Gasteiger partial charge in [-0.25, -0.2) is 14.4 Å². The monoisotopic (exact) mass is 379 g/mol. The first-order valence-corrected chi connectivity index (χ1v) is 9.39. The Morgan fingerprint density at radius 1 is 1.18 bits per heavy atom. The zero-order valence-corrected chi connectivity index (χ0v) is 15.7. The van der Waals surface area contributed by atoms with E-state index < -0.39 is 11.7 Å². The number of carbonyl (C=O) groups excluding carboxylic acids is 1. The van der Waals surface area contributed by atoms with Crippen molar-refractivity contribution in [3.8, 4) is 0 Å². The number of aryl methyl sites for hydroxylation is 1. The van der Waals surface area contributed by atoms with Crippen LogP contribution in [0.3, 0.4) is 0 Å². The van der Waals surface area contributed by atoms with Crippen LogP contribution in [0, 0.1) is 12.7 Å². The predicted octanol–water partition coefficient (Wildman–Crippen LogP) is 3.89. The number of benzene rings is 1. The van der Waals surface area contributed by atoms with Crippen LogP contribution in [-0.2, 0) is 0 Å². The molecule has 3 aromatic rings. The Hall–Kier alpha value is -3.22. The highest BCUT2D eigenvalue weighted by atomic mass is 19.1. The second kappa shape index (κ2) is 7.80. The van der Waals surface area contributed by atoms with Gasteiger partial charge in [0.2, 0.25) is 0 Å². The molecule has 1 aliphatic rings. The summed E-state index contributed by atoms with van der Waals surface area (Å²) in [6.07, 6.45) is 5.39. The van der Waals surface area contributed by atoms with Crippen LogP contribution in [0.4, 0.5) is 15.9 Å². The number of piperidine rings is 1. The van der Waals surface area contributed by atoms with Crippen LogP contribution in [0.1, 0.15) is 40.5 Å². The Kier molecular flexibility index (Phi) is 5.06. The fourth-order valence-electron chi connectivity index (χ4n) is 3.75. The van der Waals surface area contributed by atoms with E-state index in [0.717, 1.165) is 31.6 Å². The molecule has 1 aliphatic heterocycles. The number of aromatic nitrogens is 3. The van der Waals surface area contributed by atoms with Crippen LogP contribution in [0.2, 0.25) is 0 Å². The number of carbonyl (C=O) groups is 1. The first kappa shape index (κ1) is 18.2.